The fourth-order valence-electron chi connectivity index (χ4n) is 1.94. The van der Waals surface area contributed by atoms with Crippen molar-refractivity contribution < 1.29 is 5.11 Å². The zero-order valence-electron chi connectivity index (χ0n) is 10.4. The van der Waals surface area contributed by atoms with Crippen LogP contribution in [0.25, 0.3) is 0 Å². The van der Waals surface area contributed by atoms with E-state index in [2.05, 4.69) is 10.1 Å². The van der Waals surface area contributed by atoms with Crippen LogP contribution in [0.2, 0.25) is 0 Å². The van der Waals surface area contributed by atoms with Crippen molar-refractivity contribution in [2.75, 3.05) is 0 Å². The predicted molar refractivity (Wildman–Crippen MR) is 65.6 cm³/mol. The maximum Gasteiger partial charge on any atom is 0.102 e. The highest BCUT2D eigenvalue weighted by Gasteiger charge is 2.14. The largest absolute Gasteiger partial charge is 0.386 e. The van der Waals surface area contributed by atoms with E-state index in [1.807, 2.05) is 39.2 Å². The summed E-state index contributed by atoms with van der Waals surface area (Å²) in [5, 5.41) is 14.4. The van der Waals surface area contributed by atoms with Crippen molar-refractivity contribution in [3.05, 3.63) is 47.0 Å². The average Bonchev–Trinajstić information content (AvgIpc) is 2.63. The van der Waals surface area contributed by atoms with E-state index in [1.165, 1.54) is 0 Å². The molecular formula is C13H17N3O. The Balaban J connectivity index is 2.17. The highest BCUT2D eigenvalue weighted by molar-refractivity contribution is 5.25. The van der Waals surface area contributed by atoms with Gasteiger partial charge in [-0.3, -0.25) is 9.67 Å². The number of aliphatic hydroxyl groups excluding tert-OH is 1. The Labute approximate surface area is 101 Å². The van der Waals surface area contributed by atoms with Gasteiger partial charge in [-0.05, 0) is 31.0 Å². The van der Waals surface area contributed by atoms with Gasteiger partial charge in [-0.15, -0.1) is 0 Å². The molecule has 0 fully saturated rings. The second-order valence-electron chi connectivity index (χ2n) is 4.42. The maximum absolute atomic E-state index is 10.1. The molecule has 0 aliphatic carbocycles. The SMILES string of the molecule is Cc1cnc(C(O)Cc2ccn(C)n2)c(C)c1. The van der Waals surface area contributed by atoms with Crippen molar-refractivity contribution in [1.82, 2.24) is 14.8 Å². The lowest BCUT2D eigenvalue weighted by atomic mass is 10.0. The van der Waals surface area contributed by atoms with E-state index < -0.39 is 6.10 Å². The number of aliphatic hydroxyl groups is 1. The van der Waals surface area contributed by atoms with Gasteiger partial charge in [0.1, 0.15) is 6.10 Å². The zero-order chi connectivity index (χ0) is 12.4. The minimum Gasteiger partial charge on any atom is -0.386 e. The van der Waals surface area contributed by atoms with Gasteiger partial charge >= 0.3 is 0 Å². The Morgan fingerprint density at radius 3 is 2.76 bits per heavy atom. The Morgan fingerprint density at radius 1 is 1.41 bits per heavy atom. The lowest BCUT2D eigenvalue weighted by Crippen LogP contribution is -2.07. The van der Waals surface area contributed by atoms with Gasteiger partial charge in [0.15, 0.2) is 0 Å². The summed E-state index contributed by atoms with van der Waals surface area (Å²) in [5.41, 5.74) is 3.74. The monoisotopic (exact) mass is 231 g/mol. The fourth-order valence-corrected chi connectivity index (χ4v) is 1.94. The zero-order valence-corrected chi connectivity index (χ0v) is 10.4. The summed E-state index contributed by atoms with van der Waals surface area (Å²) < 4.78 is 1.73. The molecule has 1 atom stereocenters. The first-order valence-corrected chi connectivity index (χ1v) is 5.66. The third-order valence-electron chi connectivity index (χ3n) is 2.74. The Bertz CT molecular complexity index is 519. The van der Waals surface area contributed by atoms with Crippen LogP contribution in [0, 0.1) is 13.8 Å². The first-order valence-electron chi connectivity index (χ1n) is 5.66. The van der Waals surface area contributed by atoms with Crippen molar-refractivity contribution in [1.29, 1.82) is 0 Å². The summed E-state index contributed by atoms with van der Waals surface area (Å²) in [7, 11) is 1.87. The molecule has 4 nitrogen and oxygen atoms in total. The van der Waals surface area contributed by atoms with Crippen LogP contribution in [0.1, 0.15) is 28.6 Å². The molecule has 90 valence electrons. The topological polar surface area (TPSA) is 50.9 Å². The Kier molecular flexibility index (Phi) is 3.24. The standard InChI is InChI=1S/C13H17N3O/c1-9-6-10(2)13(14-8-9)12(17)7-11-4-5-16(3)15-11/h4-6,8,12,17H,7H2,1-3H3. The van der Waals surface area contributed by atoms with Crippen LogP contribution in [0.15, 0.2) is 24.5 Å². The fraction of sp³-hybridized carbons (Fsp3) is 0.385. The normalized spacial score (nSPS) is 12.7. The molecule has 0 aromatic carbocycles. The molecule has 1 N–H and O–H groups in total. The second-order valence-corrected chi connectivity index (χ2v) is 4.42. The first-order chi connectivity index (χ1) is 8.06. The molecule has 0 spiro atoms. The van der Waals surface area contributed by atoms with Gasteiger partial charge in [0.2, 0.25) is 0 Å². The summed E-state index contributed by atoms with van der Waals surface area (Å²) in [6.45, 7) is 3.96. The quantitative estimate of drug-likeness (QED) is 0.874. The number of aryl methyl sites for hydroxylation is 3. The van der Waals surface area contributed by atoms with E-state index >= 15 is 0 Å². The van der Waals surface area contributed by atoms with Gasteiger partial charge in [0, 0.05) is 25.9 Å². The van der Waals surface area contributed by atoms with E-state index in [4.69, 9.17) is 0 Å². The van der Waals surface area contributed by atoms with Crippen LogP contribution in [-0.2, 0) is 13.5 Å². The van der Waals surface area contributed by atoms with Gasteiger partial charge in [-0.1, -0.05) is 6.07 Å². The number of rotatable bonds is 3. The molecule has 0 bridgehead atoms. The molecule has 0 saturated heterocycles. The molecular weight excluding hydrogens is 214 g/mol. The lowest BCUT2D eigenvalue weighted by molar-refractivity contribution is 0.171. The van der Waals surface area contributed by atoms with Crippen LogP contribution < -0.4 is 0 Å². The van der Waals surface area contributed by atoms with Crippen LogP contribution in [0.3, 0.4) is 0 Å². The summed E-state index contributed by atoms with van der Waals surface area (Å²) in [6.07, 6.45) is 3.56. The predicted octanol–water partition coefficient (Wildman–Crippen LogP) is 1.71. The maximum atomic E-state index is 10.1. The van der Waals surface area contributed by atoms with E-state index in [0.29, 0.717) is 6.42 Å². The Hall–Kier alpha value is -1.68. The van der Waals surface area contributed by atoms with Gasteiger partial charge in [-0.25, -0.2) is 0 Å². The molecule has 0 aliphatic heterocycles. The van der Waals surface area contributed by atoms with Gasteiger partial charge in [0.05, 0.1) is 11.4 Å². The first kappa shape index (κ1) is 11.8. The molecule has 2 heterocycles. The number of pyridine rings is 1. The van der Waals surface area contributed by atoms with E-state index in [-0.39, 0.29) is 0 Å². The van der Waals surface area contributed by atoms with Crippen molar-refractivity contribution in [3.63, 3.8) is 0 Å². The molecule has 0 saturated carbocycles. The average molecular weight is 231 g/mol. The highest BCUT2D eigenvalue weighted by atomic mass is 16.3. The van der Waals surface area contributed by atoms with Gasteiger partial charge in [-0.2, -0.15) is 5.10 Å². The van der Waals surface area contributed by atoms with Crippen LogP contribution in [0.4, 0.5) is 0 Å². The van der Waals surface area contributed by atoms with Gasteiger partial charge < -0.3 is 5.11 Å². The molecule has 0 amide bonds. The molecule has 1 unspecified atom stereocenters. The summed E-state index contributed by atoms with van der Waals surface area (Å²) in [6, 6.07) is 3.94. The van der Waals surface area contributed by atoms with E-state index in [0.717, 1.165) is 22.5 Å². The lowest BCUT2D eigenvalue weighted by Gasteiger charge is -2.11. The number of hydrogen-bond donors (Lipinski definition) is 1. The molecule has 2 aromatic rings. The van der Waals surface area contributed by atoms with Crippen LogP contribution >= 0.6 is 0 Å². The molecule has 17 heavy (non-hydrogen) atoms. The smallest absolute Gasteiger partial charge is 0.102 e. The number of nitrogens with zero attached hydrogens (tertiary/aromatic N) is 3. The third-order valence-corrected chi connectivity index (χ3v) is 2.74. The van der Waals surface area contributed by atoms with Crippen molar-refractivity contribution in [2.24, 2.45) is 7.05 Å². The van der Waals surface area contributed by atoms with Crippen LogP contribution in [0.5, 0.6) is 0 Å². The summed E-state index contributed by atoms with van der Waals surface area (Å²) >= 11 is 0. The summed E-state index contributed by atoms with van der Waals surface area (Å²) in [4.78, 5) is 4.30. The Morgan fingerprint density at radius 2 is 2.18 bits per heavy atom. The van der Waals surface area contributed by atoms with Crippen molar-refractivity contribution in [3.8, 4) is 0 Å². The molecule has 4 heteroatoms. The molecule has 0 radical (unpaired) electrons. The minimum atomic E-state index is -0.592. The third kappa shape index (κ3) is 2.71. The molecule has 2 aromatic heterocycles. The minimum absolute atomic E-state index is 0.498. The van der Waals surface area contributed by atoms with Gasteiger partial charge in [0.25, 0.3) is 0 Å². The second kappa shape index (κ2) is 4.67. The highest BCUT2D eigenvalue weighted by Crippen LogP contribution is 2.19. The number of hydrogen-bond acceptors (Lipinski definition) is 3. The van der Waals surface area contributed by atoms with Crippen LogP contribution in [-0.4, -0.2) is 19.9 Å². The molecule has 2 rings (SSSR count). The van der Waals surface area contributed by atoms with Crippen molar-refractivity contribution in [2.45, 2.75) is 26.4 Å². The summed E-state index contributed by atoms with van der Waals surface area (Å²) in [5.74, 6) is 0. The number of aromatic nitrogens is 3. The van der Waals surface area contributed by atoms with Crippen molar-refractivity contribution >= 4 is 0 Å². The van der Waals surface area contributed by atoms with E-state index in [1.54, 1.807) is 10.9 Å². The molecule has 0 aliphatic rings. The van der Waals surface area contributed by atoms with E-state index in [9.17, 15) is 5.11 Å².